The third-order valence-electron chi connectivity index (χ3n) is 2.22. The van der Waals surface area contributed by atoms with Crippen LogP contribution in [0.2, 0.25) is 0 Å². The number of hydrazine groups is 1. The number of aromatic nitrogens is 2. The average Bonchev–Trinajstić information content (AvgIpc) is 2.51. The highest BCUT2D eigenvalue weighted by molar-refractivity contribution is 4.94. The maximum absolute atomic E-state index is 5.44. The zero-order valence-corrected chi connectivity index (χ0v) is 8.33. The van der Waals surface area contributed by atoms with Crippen molar-refractivity contribution >= 4 is 0 Å². The first-order valence-electron chi connectivity index (χ1n) is 4.70. The molecular weight excluding hydrogens is 164 g/mol. The fourth-order valence-corrected chi connectivity index (χ4v) is 1.41. The lowest BCUT2D eigenvalue weighted by molar-refractivity contribution is 0.472. The van der Waals surface area contributed by atoms with Gasteiger partial charge in [0.15, 0.2) is 0 Å². The number of rotatable bonds is 5. The minimum Gasteiger partial charge on any atom is -0.338 e. The molecule has 1 aromatic rings. The summed E-state index contributed by atoms with van der Waals surface area (Å²) in [6, 6.07) is 0.339. The van der Waals surface area contributed by atoms with Crippen LogP contribution in [0, 0.1) is 0 Å². The summed E-state index contributed by atoms with van der Waals surface area (Å²) in [6.45, 7) is 2.16. The van der Waals surface area contributed by atoms with E-state index in [1.54, 1.807) is 0 Å². The molecule has 1 atom stereocenters. The fourth-order valence-electron chi connectivity index (χ4n) is 1.41. The molecule has 4 nitrogen and oxygen atoms in total. The number of aryl methyl sites for hydroxylation is 1. The smallest absolute Gasteiger partial charge is 0.109 e. The SMILES string of the molecule is CCCC(Cc1nccn1C)NN. The van der Waals surface area contributed by atoms with Gasteiger partial charge in [-0.2, -0.15) is 0 Å². The van der Waals surface area contributed by atoms with Crippen molar-refractivity contribution in [3.8, 4) is 0 Å². The average molecular weight is 182 g/mol. The zero-order chi connectivity index (χ0) is 9.68. The highest BCUT2D eigenvalue weighted by atomic mass is 15.2. The van der Waals surface area contributed by atoms with Crippen LogP contribution in [0.3, 0.4) is 0 Å². The number of imidazole rings is 1. The third-order valence-corrected chi connectivity index (χ3v) is 2.22. The Morgan fingerprint density at radius 3 is 2.92 bits per heavy atom. The third kappa shape index (κ3) is 2.82. The second kappa shape index (κ2) is 4.99. The largest absolute Gasteiger partial charge is 0.338 e. The van der Waals surface area contributed by atoms with Gasteiger partial charge in [-0.05, 0) is 6.42 Å². The molecule has 0 fully saturated rings. The van der Waals surface area contributed by atoms with E-state index in [2.05, 4.69) is 17.3 Å². The number of hydrogen-bond donors (Lipinski definition) is 2. The molecular formula is C9H18N4. The molecule has 0 aromatic carbocycles. The van der Waals surface area contributed by atoms with Crippen LogP contribution in [0.15, 0.2) is 12.4 Å². The van der Waals surface area contributed by atoms with E-state index in [0.29, 0.717) is 6.04 Å². The van der Waals surface area contributed by atoms with Gasteiger partial charge < -0.3 is 4.57 Å². The first-order valence-corrected chi connectivity index (χ1v) is 4.70. The molecule has 0 saturated heterocycles. The van der Waals surface area contributed by atoms with Gasteiger partial charge in [-0.25, -0.2) is 4.98 Å². The van der Waals surface area contributed by atoms with E-state index in [0.717, 1.165) is 25.1 Å². The number of nitrogens with two attached hydrogens (primary N) is 1. The molecule has 0 radical (unpaired) electrons. The summed E-state index contributed by atoms with van der Waals surface area (Å²) in [5.74, 6) is 6.52. The fraction of sp³-hybridized carbons (Fsp3) is 0.667. The van der Waals surface area contributed by atoms with E-state index < -0.39 is 0 Å². The van der Waals surface area contributed by atoms with Gasteiger partial charge >= 0.3 is 0 Å². The van der Waals surface area contributed by atoms with Crippen molar-refractivity contribution in [2.45, 2.75) is 32.2 Å². The number of hydrogen-bond acceptors (Lipinski definition) is 3. The van der Waals surface area contributed by atoms with Crippen LogP contribution in [0.5, 0.6) is 0 Å². The number of nitrogens with one attached hydrogen (secondary N) is 1. The predicted octanol–water partition coefficient (Wildman–Crippen LogP) is 0.595. The zero-order valence-electron chi connectivity index (χ0n) is 8.33. The summed E-state index contributed by atoms with van der Waals surface area (Å²) in [7, 11) is 2.00. The normalized spacial score (nSPS) is 13.2. The molecule has 0 aliphatic carbocycles. The highest BCUT2D eigenvalue weighted by Crippen LogP contribution is 2.04. The molecule has 0 amide bonds. The molecule has 0 saturated carbocycles. The van der Waals surface area contributed by atoms with E-state index in [-0.39, 0.29) is 0 Å². The van der Waals surface area contributed by atoms with Crippen molar-refractivity contribution in [2.24, 2.45) is 12.9 Å². The van der Waals surface area contributed by atoms with Crippen molar-refractivity contribution in [1.29, 1.82) is 0 Å². The lowest BCUT2D eigenvalue weighted by atomic mass is 10.1. The van der Waals surface area contributed by atoms with Gasteiger partial charge in [0.25, 0.3) is 0 Å². The minimum atomic E-state index is 0.339. The van der Waals surface area contributed by atoms with Crippen LogP contribution in [-0.4, -0.2) is 15.6 Å². The Hall–Kier alpha value is -0.870. The first-order chi connectivity index (χ1) is 6.27. The van der Waals surface area contributed by atoms with Gasteiger partial charge in [0, 0.05) is 31.9 Å². The van der Waals surface area contributed by atoms with E-state index in [1.165, 1.54) is 0 Å². The summed E-state index contributed by atoms with van der Waals surface area (Å²) in [5.41, 5.74) is 2.82. The maximum Gasteiger partial charge on any atom is 0.109 e. The second-order valence-electron chi connectivity index (χ2n) is 3.31. The highest BCUT2D eigenvalue weighted by Gasteiger charge is 2.08. The van der Waals surface area contributed by atoms with Crippen LogP contribution >= 0.6 is 0 Å². The lowest BCUT2D eigenvalue weighted by Crippen LogP contribution is -2.37. The van der Waals surface area contributed by atoms with Gasteiger partial charge in [0.2, 0.25) is 0 Å². The first kappa shape index (κ1) is 10.2. The predicted molar refractivity (Wildman–Crippen MR) is 52.9 cm³/mol. The molecule has 0 spiro atoms. The molecule has 1 unspecified atom stereocenters. The molecule has 1 rings (SSSR count). The topological polar surface area (TPSA) is 55.9 Å². The van der Waals surface area contributed by atoms with Crippen molar-refractivity contribution in [3.63, 3.8) is 0 Å². The Bertz CT molecular complexity index is 244. The summed E-state index contributed by atoms with van der Waals surface area (Å²) in [4.78, 5) is 4.25. The molecule has 3 N–H and O–H groups in total. The lowest BCUT2D eigenvalue weighted by Gasteiger charge is -2.14. The minimum absolute atomic E-state index is 0.339. The van der Waals surface area contributed by atoms with Crippen LogP contribution in [0.25, 0.3) is 0 Å². The Labute approximate surface area is 79.1 Å². The molecule has 0 bridgehead atoms. The van der Waals surface area contributed by atoms with E-state index in [1.807, 2.05) is 24.0 Å². The van der Waals surface area contributed by atoms with Gasteiger partial charge in [-0.1, -0.05) is 13.3 Å². The van der Waals surface area contributed by atoms with Crippen molar-refractivity contribution in [1.82, 2.24) is 15.0 Å². The maximum atomic E-state index is 5.44. The molecule has 0 aliphatic rings. The number of nitrogens with zero attached hydrogens (tertiary/aromatic N) is 2. The summed E-state index contributed by atoms with van der Waals surface area (Å²) < 4.78 is 2.03. The van der Waals surface area contributed by atoms with Gasteiger partial charge in [-0.15, -0.1) is 0 Å². The van der Waals surface area contributed by atoms with E-state index >= 15 is 0 Å². The van der Waals surface area contributed by atoms with Crippen LogP contribution in [0.1, 0.15) is 25.6 Å². The van der Waals surface area contributed by atoms with Crippen molar-refractivity contribution in [2.75, 3.05) is 0 Å². The van der Waals surface area contributed by atoms with Gasteiger partial charge in [-0.3, -0.25) is 11.3 Å². The molecule has 1 heterocycles. The molecule has 13 heavy (non-hydrogen) atoms. The molecule has 4 heteroatoms. The second-order valence-corrected chi connectivity index (χ2v) is 3.31. The quantitative estimate of drug-likeness (QED) is 0.518. The Morgan fingerprint density at radius 1 is 1.69 bits per heavy atom. The summed E-state index contributed by atoms with van der Waals surface area (Å²) in [5, 5.41) is 0. The van der Waals surface area contributed by atoms with Crippen molar-refractivity contribution in [3.05, 3.63) is 18.2 Å². The summed E-state index contributed by atoms with van der Waals surface area (Å²) >= 11 is 0. The standard InChI is InChI=1S/C9H18N4/c1-3-4-8(12-10)7-9-11-5-6-13(9)2/h5-6,8,12H,3-4,7,10H2,1-2H3. The molecule has 0 aliphatic heterocycles. The Kier molecular flexibility index (Phi) is 3.92. The van der Waals surface area contributed by atoms with E-state index in [4.69, 9.17) is 5.84 Å². The van der Waals surface area contributed by atoms with Crippen LogP contribution in [0.4, 0.5) is 0 Å². The van der Waals surface area contributed by atoms with E-state index in [9.17, 15) is 0 Å². The Morgan fingerprint density at radius 2 is 2.46 bits per heavy atom. The van der Waals surface area contributed by atoms with Crippen LogP contribution < -0.4 is 11.3 Å². The monoisotopic (exact) mass is 182 g/mol. The Balaban J connectivity index is 2.51. The van der Waals surface area contributed by atoms with Gasteiger partial charge in [0.05, 0.1) is 0 Å². The molecule has 74 valence electrons. The van der Waals surface area contributed by atoms with Crippen molar-refractivity contribution < 1.29 is 0 Å². The molecule has 1 aromatic heterocycles. The summed E-state index contributed by atoms with van der Waals surface area (Å²) in [6.07, 6.45) is 6.89. The van der Waals surface area contributed by atoms with Crippen LogP contribution in [-0.2, 0) is 13.5 Å². The van der Waals surface area contributed by atoms with Gasteiger partial charge in [0.1, 0.15) is 5.82 Å².